The Hall–Kier alpha value is -1.57. The molecule has 7 heteroatoms. The van der Waals surface area contributed by atoms with E-state index >= 15 is 0 Å². The van der Waals surface area contributed by atoms with Crippen molar-refractivity contribution in [2.24, 2.45) is 0 Å². The fraction of sp³-hybridized carbons (Fsp3) is 0.300. The highest BCUT2D eigenvalue weighted by Gasteiger charge is 2.19. The molecule has 0 aliphatic heterocycles. The third-order valence-corrected chi connectivity index (χ3v) is 2.05. The topological polar surface area (TPSA) is 85.2 Å². The van der Waals surface area contributed by atoms with Gasteiger partial charge in [0.1, 0.15) is 5.75 Å². The molecular weight excluding hydrogens is 227 g/mol. The van der Waals surface area contributed by atoms with Crippen molar-refractivity contribution in [3.63, 3.8) is 0 Å². The van der Waals surface area contributed by atoms with Crippen molar-refractivity contribution in [2.45, 2.75) is 0 Å². The van der Waals surface area contributed by atoms with Gasteiger partial charge in [0.05, 0.1) is 12.7 Å². The van der Waals surface area contributed by atoms with Crippen LogP contribution in [0.3, 0.4) is 0 Å². The summed E-state index contributed by atoms with van der Waals surface area (Å²) in [6.07, 6.45) is 0. The Labute approximate surface area is 98.9 Å². The highest BCUT2D eigenvalue weighted by Crippen LogP contribution is 2.12. The molecule has 0 aliphatic carbocycles. The molecule has 0 spiro atoms. The number of benzene rings is 1. The van der Waals surface area contributed by atoms with Gasteiger partial charge < -0.3 is 24.3 Å². The van der Waals surface area contributed by atoms with Crippen LogP contribution in [0.15, 0.2) is 18.2 Å². The highest BCUT2D eigenvalue weighted by molar-refractivity contribution is 6.59. The Morgan fingerprint density at radius 3 is 2.59 bits per heavy atom. The van der Waals surface area contributed by atoms with Crippen LogP contribution in [0.2, 0.25) is 0 Å². The van der Waals surface area contributed by atoms with Crippen LogP contribution in [0, 0.1) is 0 Å². The first-order valence-corrected chi connectivity index (χ1v) is 4.80. The maximum Gasteiger partial charge on any atom is 0.492 e. The van der Waals surface area contributed by atoms with Crippen LogP contribution < -0.4 is 10.2 Å². The molecule has 1 aromatic carbocycles. The van der Waals surface area contributed by atoms with Crippen LogP contribution in [-0.4, -0.2) is 44.1 Å². The number of hydrogen-bond acceptors (Lipinski definition) is 6. The molecule has 0 heterocycles. The summed E-state index contributed by atoms with van der Waals surface area (Å²) in [6.45, 7) is -0.0651. The fourth-order valence-electron chi connectivity index (χ4n) is 1.24. The third-order valence-electron chi connectivity index (χ3n) is 2.05. The van der Waals surface area contributed by atoms with E-state index in [1.54, 1.807) is 0 Å². The van der Waals surface area contributed by atoms with Gasteiger partial charge in [-0.3, -0.25) is 0 Å². The van der Waals surface area contributed by atoms with Crippen LogP contribution in [0.1, 0.15) is 10.4 Å². The molecule has 0 saturated carbocycles. The van der Waals surface area contributed by atoms with Gasteiger partial charge in [-0.25, -0.2) is 4.79 Å². The van der Waals surface area contributed by atoms with Crippen molar-refractivity contribution in [1.82, 2.24) is 0 Å². The van der Waals surface area contributed by atoms with E-state index in [-0.39, 0.29) is 23.6 Å². The average Bonchev–Trinajstić information content (AvgIpc) is 2.34. The number of methoxy groups -OCH3 is 2. The number of hydrogen-bond donors (Lipinski definition) is 2. The van der Waals surface area contributed by atoms with Crippen LogP contribution in [-0.2, 0) is 9.47 Å². The summed E-state index contributed by atoms with van der Waals surface area (Å²) >= 11 is 0. The molecule has 0 aliphatic rings. The first kappa shape index (κ1) is 13.5. The minimum atomic E-state index is -1.69. The minimum Gasteiger partial charge on any atom is -0.468 e. The van der Waals surface area contributed by atoms with E-state index in [9.17, 15) is 4.79 Å². The maximum atomic E-state index is 11.3. The van der Waals surface area contributed by atoms with Crippen molar-refractivity contribution in [3.05, 3.63) is 23.8 Å². The van der Waals surface area contributed by atoms with Gasteiger partial charge >= 0.3 is 13.1 Å². The Bertz CT molecular complexity index is 392. The molecule has 2 N–H and O–H groups in total. The summed E-state index contributed by atoms with van der Waals surface area (Å²) in [4.78, 5) is 11.3. The van der Waals surface area contributed by atoms with Crippen molar-refractivity contribution < 1.29 is 29.1 Å². The zero-order chi connectivity index (χ0) is 12.8. The van der Waals surface area contributed by atoms with E-state index in [4.69, 9.17) is 19.5 Å². The molecular formula is C10H13BO6. The first-order chi connectivity index (χ1) is 8.10. The number of carbonyl (C=O) groups is 1. The van der Waals surface area contributed by atoms with Crippen LogP contribution in [0.4, 0.5) is 0 Å². The lowest BCUT2D eigenvalue weighted by Gasteiger charge is -2.11. The SMILES string of the molecule is COCOc1cc(C(=O)OC)ccc1B(O)O. The highest BCUT2D eigenvalue weighted by atomic mass is 16.7. The van der Waals surface area contributed by atoms with Crippen molar-refractivity contribution >= 4 is 18.6 Å². The molecule has 1 rings (SSSR count). The van der Waals surface area contributed by atoms with Gasteiger partial charge in [0, 0.05) is 12.6 Å². The van der Waals surface area contributed by atoms with E-state index < -0.39 is 13.1 Å². The molecule has 92 valence electrons. The average molecular weight is 240 g/mol. The lowest BCUT2D eigenvalue weighted by Crippen LogP contribution is -2.32. The van der Waals surface area contributed by atoms with E-state index in [1.165, 1.54) is 32.4 Å². The number of carbonyl (C=O) groups excluding carboxylic acids is 1. The van der Waals surface area contributed by atoms with Crippen molar-refractivity contribution in [1.29, 1.82) is 0 Å². The smallest absolute Gasteiger partial charge is 0.468 e. The monoisotopic (exact) mass is 240 g/mol. The Balaban J connectivity index is 3.05. The molecule has 6 nitrogen and oxygen atoms in total. The second-order valence-electron chi connectivity index (χ2n) is 3.17. The van der Waals surface area contributed by atoms with Crippen LogP contribution in [0.5, 0.6) is 5.75 Å². The molecule has 0 bridgehead atoms. The second-order valence-corrected chi connectivity index (χ2v) is 3.17. The van der Waals surface area contributed by atoms with Crippen LogP contribution >= 0.6 is 0 Å². The van der Waals surface area contributed by atoms with Gasteiger partial charge in [-0.2, -0.15) is 0 Å². The van der Waals surface area contributed by atoms with Gasteiger partial charge in [0.25, 0.3) is 0 Å². The molecule has 0 amide bonds. The number of ether oxygens (including phenoxy) is 3. The van der Waals surface area contributed by atoms with Gasteiger partial charge in [-0.15, -0.1) is 0 Å². The third kappa shape index (κ3) is 3.45. The lowest BCUT2D eigenvalue weighted by atomic mass is 9.79. The molecule has 0 atom stereocenters. The Morgan fingerprint density at radius 1 is 1.35 bits per heavy atom. The molecule has 0 saturated heterocycles. The van der Waals surface area contributed by atoms with Gasteiger partial charge in [-0.05, 0) is 12.1 Å². The quantitative estimate of drug-likeness (QED) is 0.395. The van der Waals surface area contributed by atoms with E-state index in [2.05, 4.69) is 4.74 Å². The Kier molecular flexibility index (Phi) is 4.95. The molecule has 1 aromatic rings. The summed E-state index contributed by atoms with van der Waals surface area (Å²) < 4.78 is 14.4. The summed E-state index contributed by atoms with van der Waals surface area (Å²) in [5, 5.41) is 18.2. The predicted molar refractivity (Wildman–Crippen MR) is 60.1 cm³/mol. The minimum absolute atomic E-state index is 0.0651. The molecule has 0 radical (unpaired) electrons. The number of esters is 1. The fourth-order valence-corrected chi connectivity index (χ4v) is 1.24. The normalized spacial score (nSPS) is 9.88. The summed E-state index contributed by atoms with van der Waals surface area (Å²) in [5.41, 5.74) is 0.401. The molecule has 0 aromatic heterocycles. The van der Waals surface area contributed by atoms with Crippen molar-refractivity contribution in [2.75, 3.05) is 21.0 Å². The maximum absolute atomic E-state index is 11.3. The van der Waals surface area contributed by atoms with Gasteiger partial charge in [-0.1, -0.05) is 6.07 Å². The molecule has 0 unspecified atom stereocenters. The summed E-state index contributed by atoms with van der Waals surface area (Å²) in [6, 6.07) is 4.15. The van der Waals surface area contributed by atoms with E-state index in [1.807, 2.05) is 0 Å². The van der Waals surface area contributed by atoms with Gasteiger partial charge in [0.2, 0.25) is 0 Å². The van der Waals surface area contributed by atoms with Gasteiger partial charge in [0.15, 0.2) is 6.79 Å². The largest absolute Gasteiger partial charge is 0.492 e. The zero-order valence-electron chi connectivity index (χ0n) is 9.54. The summed E-state index contributed by atoms with van der Waals surface area (Å²) in [7, 11) is 1.00. The molecule has 0 fully saturated rings. The van der Waals surface area contributed by atoms with Crippen LogP contribution in [0.25, 0.3) is 0 Å². The standard InChI is InChI=1S/C10H13BO6/c1-15-6-17-9-5-7(10(12)16-2)3-4-8(9)11(13)14/h3-5,13-14H,6H2,1-2H3. The second kappa shape index (κ2) is 6.24. The summed E-state index contributed by atoms with van der Waals surface area (Å²) in [5.74, 6) is -0.379. The zero-order valence-corrected chi connectivity index (χ0v) is 9.54. The van der Waals surface area contributed by atoms with Crippen molar-refractivity contribution in [3.8, 4) is 5.75 Å². The Morgan fingerprint density at radius 2 is 2.06 bits per heavy atom. The number of rotatable bonds is 5. The van der Waals surface area contributed by atoms with E-state index in [0.717, 1.165) is 0 Å². The predicted octanol–water partition coefficient (Wildman–Crippen LogP) is -0.864. The lowest BCUT2D eigenvalue weighted by molar-refractivity contribution is 0.0509. The molecule has 17 heavy (non-hydrogen) atoms. The first-order valence-electron chi connectivity index (χ1n) is 4.80. The van der Waals surface area contributed by atoms with E-state index in [0.29, 0.717) is 0 Å².